The maximum atomic E-state index is 12.7. The summed E-state index contributed by atoms with van der Waals surface area (Å²) < 4.78 is 27.0. The molecule has 2 aliphatic heterocycles. The Morgan fingerprint density at radius 3 is 1.62 bits per heavy atom. The van der Waals surface area contributed by atoms with Crippen LogP contribution in [0.25, 0.3) is 0 Å². The summed E-state index contributed by atoms with van der Waals surface area (Å²) in [5, 5.41) is 61.4. The third kappa shape index (κ3) is 14.1. The lowest BCUT2D eigenvalue weighted by molar-refractivity contribution is -0.376. The Kier molecular flexibility index (Phi) is 19.6. The van der Waals surface area contributed by atoms with E-state index < -0.39 is 86.6 Å². The Bertz CT molecular complexity index is 812. The minimum absolute atomic E-state index is 0.0568. The van der Waals surface area contributed by atoms with Gasteiger partial charge in [-0.25, -0.2) is 0 Å². The molecule has 13 heteroatoms. The monoisotopic (exact) mass is 650 g/mol. The van der Waals surface area contributed by atoms with E-state index in [0.717, 1.165) is 32.6 Å². The summed E-state index contributed by atoms with van der Waals surface area (Å²) in [5.41, 5.74) is 0. The van der Waals surface area contributed by atoms with Gasteiger partial charge in [-0.05, 0) is 6.42 Å². The van der Waals surface area contributed by atoms with Gasteiger partial charge in [-0.1, -0.05) is 96.8 Å². The van der Waals surface area contributed by atoms with Crippen LogP contribution in [0.5, 0.6) is 0 Å². The van der Waals surface area contributed by atoms with Crippen molar-refractivity contribution in [2.45, 2.75) is 178 Å². The number of ether oxygens (including phenoxy) is 5. The van der Waals surface area contributed by atoms with Crippen LogP contribution < -0.4 is 0 Å². The fourth-order valence-electron chi connectivity index (χ4n) is 5.64. The zero-order valence-electron chi connectivity index (χ0n) is 27.0. The van der Waals surface area contributed by atoms with Crippen molar-refractivity contribution in [1.82, 2.24) is 0 Å². The quantitative estimate of drug-likeness (QED) is 0.0734. The van der Waals surface area contributed by atoms with Gasteiger partial charge in [0.2, 0.25) is 6.29 Å². The van der Waals surface area contributed by atoms with Gasteiger partial charge < -0.3 is 54.3 Å². The lowest BCUT2D eigenvalue weighted by Gasteiger charge is -2.45. The highest BCUT2D eigenvalue weighted by atomic mass is 16.8. The normalized spacial score (nSPS) is 31.9. The molecule has 2 rings (SSSR count). The van der Waals surface area contributed by atoms with Crippen molar-refractivity contribution in [2.75, 3.05) is 13.2 Å². The van der Waals surface area contributed by atoms with Crippen molar-refractivity contribution in [3.8, 4) is 0 Å². The molecule has 6 N–H and O–H groups in total. The number of unbranched alkanes of at least 4 members (excludes halogenated alkanes) is 14. The number of carbonyl (C=O) groups excluding carboxylic acids is 2. The van der Waals surface area contributed by atoms with Crippen LogP contribution in [0.2, 0.25) is 0 Å². The highest BCUT2D eigenvalue weighted by molar-refractivity contribution is 5.69. The summed E-state index contributed by atoms with van der Waals surface area (Å²) in [7, 11) is 0. The van der Waals surface area contributed by atoms with E-state index in [1.54, 1.807) is 0 Å². The molecule has 0 spiro atoms. The number of aliphatic hydroxyl groups excluding tert-OH is 6. The first kappa shape index (κ1) is 39.8. The van der Waals surface area contributed by atoms with Crippen LogP contribution >= 0.6 is 0 Å². The van der Waals surface area contributed by atoms with Crippen molar-refractivity contribution >= 4 is 11.9 Å². The maximum absolute atomic E-state index is 12.7. The van der Waals surface area contributed by atoms with Gasteiger partial charge in [0, 0.05) is 13.3 Å². The Balaban J connectivity index is 1.78. The molecule has 2 aliphatic rings. The van der Waals surface area contributed by atoms with Gasteiger partial charge in [-0.15, -0.1) is 0 Å². The molecule has 2 fully saturated rings. The molecule has 0 unspecified atom stereocenters. The van der Waals surface area contributed by atoms with E-state index in [9.17, 15) is 40.2 Å². The van der Waals surface area contributed by atoms with Gasteiger partial charge in [-0.3, -0.25) is 9.59 Å². The fraction of sp³-hybridized carbons (Fsp3) is 0.938. The molecular formula is C32H58O13. The van der Waals surface area contributed by atoms with Crippen LogP contribution in [0.1, 0.15) is 117 Å². The topological polar surface area (TPSA) is 202 Å². The van der Waals surface area contributed by atoms with Crippen LogP contribution in [-0.4, -0.2) is 117 Å². The molecule has 10 atom stereocenters. The Morgan fingerprint density at radius 1 is 0.622 bits per heavy atom. The zero-order valence-corrected chi connectivity index (χ0v) is 27.0. The SMILES string of the molecule is CCCCCCCCCCCCCCCCCC(=O)O[C@H]1[C@@H](O[C@@H]2O[C@@H](CO)[C@H](O)[C@@H](O)[C@@H]2O)O[C@H](COC(C)=O)[C@@H](O)[C@@H]1O. The predicted molar refractivity (Wildman–Crippen MR) is 162 cm³/mol. The van der Waals surface area contributed by atoms with Gasteiger partial charge in [0.25, 0.3) is 0 Å². The minimum Gasteiger partial charge on any atom is -0.463 e. The first-order valence-electron chi connectivity index (χ1n) is 16.9. The Labute approximate surface area is 267 Å². The zero-order chi connectivity index (χ0) is 33.2. The summed E-state index contributed by atoms with van der Waals surface area (Å²) in [4.78, 5) is 24.0. The summed E-state index contributed by atoms with van der Waals surface area (Å²) >= 11 is 0. The molecule has 0 saturated carbocycles. The Hall–Kier alpha value is -1.42. The van der Waals surface area contributed by atoms with E-state index in [-0.39, 0.29) is 6.42 Å². The molecule has 0 aromatic heterocycles. The third-order valence-electron chi connectivity index (χ3n) is 8.46. The summed E-state index contributed by atoms with van der Waals surface area (Å²) in [5.74, 6) is -1.32. The molecule has 0 aromatic carbocycles. The average Bonchev–Trinajstić information content (AvgIpc) is 3.01. The molecule has 2 heterocycles. The van der Waals surface area contributed by atoms with Gasteiger partial charge in [-0.2, -0.15) is 0 Å². The predicted octanol–water partition coefficient (Wildman–Crippen LogP) is 1.99. The standard InChI is InChI=1S/C32H58O13/c1-3-4-5-6-7-8-9-10-11-12-13-14-15-16-17-18-24(35)44-30-28(39)26(37)23(20-41-21(2)34)43-32(30)45-31-29(40)27(38)25(36)22(19-33)42-31/h22-23,25-33,36-40H,3-20H2,1-2H3/t22-,23+,25-,26+,27+,28-,29-,30+,31-,32+/m0/s1. The van der Waals surface area contributed by atoms with E-state index in [1.165, 1.54) is 64.2 Å². The molecule has 0 aliphatic carbocycles. The molecule has 0 bridgehead atoms. The van der Waals surface area contributed by atoms with E-state index in [1.807, 2.05) is 0 Å². The summed E-state index contributed by atoms with van der Waals surface area (Å²) in [6.45, 7) is 2.22. The number of esters is 2. The van der Waals surface area contributed by atoms with Crippen LogP contribution in [0.3, 0.4) is 0 Å². The van der Waals surface area contributed by atoms with Gasteiger partial charge in [0.1, 0.15) is 49.3 Å². The van der Waals surface area contributed by atoms with Crippen molar-refractivity contribution in [3.05, 3.63) is 0 Å². The van der Waals surface area contributed by atoms with Gasteiger partial charge in [0.15, 0.2) is 12.4 Å². The lowest BCUT2D eigenvalue weighted by atomic mass is 9.98. The Morgan fingerprint density at radius 2 is 1.11 bits per heavy atom. The van der Waals surface area contributed by atoms with Crippen LogP contribution in [-0.2, 0) is 33.3 Å². The molecule has 2 saturated heterocycles. The molecule has 0 amide bonds. The second-order valence-electron chi connectivity index (χ2n) is 12.3. The summed E-state index contributed by atoms with van der Waals surface area (Å²) in [6.07, 6.45) is 1.82. The first-order chi connectivity index (χ1) is 21.6. The molecule has 45 heavy (non-hydrogen) atoms. The van der Waals surface area contributed by atoms with Gasteiger partial charge >= 0.3 is 11.9 Å². The van der Waals surface area contributed by atoms with Crippen molar-refractivity contribution in [2.24, 2.45) is 0 Å². The van der Waals surface area contributed by atoms with Crippen LogP contribution in [0.15, 0.2) is 0 Å². The second kappa shape index (κ2) is 22.2. The van der Waals surface area contributed by atoms with E-state index >= 15 is 0 Å². The highest BCUT2D eigenvalue weighted by Crippen LogP contribution is 2.30. The molecule has 0 aromatic rings. The minimum atomic E-state index is -1.79. The van der Waals surface area contributed by atoms with E-state index in [2.05, 4.69) is 6.92 Å². The number of carbonyl (C=O) groups is 2. The second-order valence-corrected chi connectivity index (χ2v) is 12.3. The smallest absolute Gasteiger partial charge is 0.306 e. The first-order valence-corrected chi connectivity index (χ1v) is 16.9. The number of rotatable bonds is 22. The van der Waals surface area contributed by atoms with Crippen LogP contribution in [0.4, 0.5) is 0 Å². The molecule has 0 radical (unpaired) electrons. The largest absolute Gasteiger partial charge is 0.463 e. The molecule has 13 nitrogen and oxygen atoms in total. The van der Waals surface area contributed by atoms with Crippen LogP contribution in [0, 0.1) is 0 Å². The summed E-state index contributed by atoms with van der Waals surface area (Å²) in [6, 6.07) is 0. The van der Waals surface area contributed by atoms with Crippen molar-refractivity contribution in [1.29, 1.82) is 0 Å². The van der Waals surface area contributed by atoms with Crippen molar-refractivity contribution in [3.63, 3.8) is 0 Å². The average molecular weight is 651 g/mol. The van der Waals surface area contributed by atoms with Crippen molar-refractivity contribution < 1.29 is 63.9 Å². The van der Waals surface area contributed by atoms with E-state index in [4.69, 9.17) is 23.7 Å². The molecular weight excluding hydrogens is 592 g/mol. The third-order valence-corrected chi connectivity index (χ3v) is 8.46. The number of hydrogen-bond donors (Lipinski definition) is 6. The maximum Gasteiger partial charge on any atom is 0.306 e. The highest BCUT2D eigenvalue weighted by Gasteiger charge is 2.51. The van der Waals surface area contributed by atoms with Gasteiger partial charge in [0.05, 0.1) is 6.61 Å². The fourth-order valence-corrected chi connectivity index (χ4v) is 5.64. The lowest BCUT2D eigenvalue weighted by Crippen LogP contribution is -2.64. The number of hydrogen-bond acceptors (Lipinski definition) is 13. The number of aliphatic hydroxyl groups is 6. The van der Waals surface area contributed by atoms with E-state index in [0.29, 0.717) is 6.42 Å². The molecule has 264 valence electrons.